The molecule has 1 aromatic rings. The second kappa shape index (κ2) is 14.7. The largest absolute Gasteiger partial charge is 0.496 e. The van der Waals surface area contributed by atoms with Crippen molar-refractivity contribution in [2.45, 2.75) is 124 Å². The molecule has 0 radical (unpaired) electrons. The van der Waals surface area contributed by atoms with Crippen molar-refractivity contribution in [1.29, 1.82) is 0 Å². The second-order valence-corrected chi connectivity index (χ2v) is 16.7. The topological polar surface area (TPSA) is 67.8 Å². The average Bonchev–Trinajstić information content (AvgIpc) is 3.00. The van der Waals surface area contributed by atoms with Gasteiger partial charge >= 0.3 is 18.3 Å². The number of methoxy groups -OCH3 is 2. The number of alkyl halides is 6. The fraction of sp³-hybridized carbons (Fsp3) is 0.667. The Morgan fingerprint density at radius 3 is 2.18 bits per heavy atom. The number of esters is 1. The van der Waals surface area contributed by atoms with Gasteiger partial charge in [-0.15, -0.1) is 0 Å². The van der Waals surface area contributed by atoms with Gasteiger partial charge in [-0.25, -0.2) is 0 Å². The van der Waals surface area contributed by atoms with E-state index in [1.165, 1.54) is 7.11 Å². The molecule has 3 unspecified atom stereocenters. The van der Waals surface area contributed by atoms with Crippen molar-refractivity contribution in [3.05, 3.63) is 58.2 Å². The van der Waals surface area contributed by atoms with Crippen molar-refractivity contribution < 1.29 is 45.7 Å². The number of nitrogens with one attached hydrogen (secondary N) is 1. The van der Waals surface area contributed by atoms with E-state index in [-0.39, 0.29) is 29.4 Å². The van der Waals surface area contributed by atoms with Crippen molar-refractivity contribution in [3.63, 3.8) is 0 Å². The summed E-state index contributed by atoms with van der Waals surface area (Å²) in [5, 5.41) is 14.3. The molecule has 0 saturated carbocycles. The first-order valence-corrected chi connectivity index (χ1v) is 17.1. The number of aliphatic hydroxyl groups is 1. The fourth-order valence-corrected chi connectivity index (χ4v) is 7.44. The van der Waals surface area contributed by atoms with Crippen LogP contribution in [0.2, 0.25) is 0 Å². The molecular weight excluding hydrogens is 660 g/mol. The number of carbonyl (C=O) groups excluding carboxylic acids is 1. The van der Waals surface area contributed by atoms with Gasteiger partial charge in [0, 0.05) is 29.6 Å². The third-order valence-corrected chi connectivity index (χ3v) is 11.2. The first-order valence-electron chi connectivity index (χ1n) is 17.1. The molecule has 3 atom stereocenters. The highest BCUT2D eigenvalue weighted by atomic mass is 19.4. The molecule has 50 heavy (non-hydrogen) atoms. The monoisotopic (exact) mass is 715 g/mol. The first kappa shape index (κ1) is 41.6. The lowest BCUT2D eigenvalue weighted by molar-refractivity contribution is -0.158. The molecule has 0 saturated heterocycles. The van der Waals surface area contributed by atoms with Crippen molar-refractivity contribution in [3.8, 4) is 5.75 Å². The van der Waals surface area contributed by atoms with Crippen LogP contribution in [-0.4, -0.2) is 56.3 Å². The minimum atomic E-state index is -4.98. The molecule has 282 valence electrons. The predicted octanol–water partition coefficient (Wildman–Crippen LogP) is 9.89. The van der Waals surface area contributed by atoms with Crippen LogP contribution in [0.15, 0.2) is 47.1 Å². The van der Waals surface area contributed by atoms with Crippen LogP contribution in [0.4, 0.5) is 26.3 Å². The van der Waals surface area contributed by atoms with Crippen LogP contribution in [0.3, 0.4) is 0 Å². The zero-order valence-corrected chi connectivity index (χ0v) is 31.3. The fourth-order valence-electron chi connectivity index (χ4n) is 7.44. The highest BCUT2D eigenvalue weighted by molar-refractivity contribution is 5.77. The Morgan fingerprint density at radius 1 is 1.02 bits per heavy atom. The molecule has 0 bridgehead atoms. The standard InChI is InChI=1S/C39H55F6NO4/c1-23(32(47)24-16-27(38(40,41)42)18-28(17-24)39(43,44)45)46-21-25-20-34(2,3)15-14-29(25)30-19-26(12-13-31(30)49-10)35(4,5)22-36(6,7)37(8,9)33(48)50-11/h12-13,16,18-19,23-24,32,46-47H,14-15,17,20-22H2,1-11H3. The Morgan fingerprint density at radius 2 is 1.64 bits per heavy atom. The number of allylic oxidation sites excluding steroid dienone is 4. The van der Waals surface area contributed by atoms with Gasteiger partial charge < -0.3 is 19.9 Å². The van der Waals surface area contributed by atoms with Gasteiger partial charge in [-0.05, 0) is 98.5 Å². The lowest BCUT2D eigenvalue weighted by atomic mass is 9.60. The molecule has 3 rings (SSSR count). The molecular formula is C39H55F6NO4. The van der Waals surface area contributed by atoms with Gasteiger partial charge in [0.2, 0.25) is 0 Å². The van der Waals surface area contributed by atoms with Gasteiger partial charge in [0.25, 0.3) is 0 Å². The Balaban J connectivity index is 1.97. The summed E-state index contributed by atoms with van der Waals surface area (Å²) < 4.78 is 92.3. The Kier molecular flexibility index (Phi) is 12.2. The van der Waals surface area contributed by atoms with Gasteiger partial charge in [-0.2, -0.15) is 26.3 Å². The number of benzene rings is 1. The van der Waals surface area contributed by atoms with Crippen LogP contribution >= 0.6 is 0 Å². The average molecular weight is 716 g/mol. The molecule has 0 heterocycles. The molecule has 5 nitrogen and oxygen atoms in total. The van der Waals surface area contributed by atoms with E-state index in [4.69, 9.17) is 9.47 Å². The molecule has 2 aliphatic rings. The molecule has 2 aliphatic carbocycles. The Hall–Kier alpha value is -2.79. The van der Waals surface area contributed by atoms with Gasteiger partial charge in [-0.3, -0.25) is 4.79 Å². The van der Waals surface area contributed by atoms with E-state index in [1.807, 2.05) is 26.0 Å². The lowest BCUT2D eigenvalue weighted by Gasteiger charge is -2.44. The van der Waals surface area contributed by atoms with Crippen molar-refractivity contribution in [2.24, 2.45) is 22.2 Å². The highest BCUT2D eigenvalue weighted by Gasteiger charge is 2.47. The van der Waals surface area contributed by atoms with Crippen molar-refractivity contribution >= 4 is 11.5 Å². The summed E-state index contributed by atoms with van der Waals surface area (Å²) in [6.45, 7) is 18.4. The summed E-state index contributed by atoms with van der Waals surface area (Å²) in [6, 6.07) is 5.28. The van der Waals surface area contributed by atoms with Crippen molar-refractivity contribution in [2.75, 3.05) is 20.8 Å². The molecule has 0 aliphatic heterocycles. The minimum Gasteiger partial charge on any atom is -0.496 e. The number of carbonyl (C=O) groups is 1. The molecule has 11 heteroatoms. The van der Waals surface area contributed by atoms with Crippen LogP contribution in [0, 0.1) is 22.2 Å². The quantitative estimate of drug-likeness (QED) is 0.167. The van der Waals surface area contributed by atoms with E-state index in [1.54, 1.807) is 14.0 Å². The number of ether oxygens (including phenoxy) is 2. The third kappa shape index (κ3) is 9.35. The summed E-state index contributed by atoms with van der Waals surface area (Å²) in [5.41, 5.74) is -0.277. The zero-order chi connectivity index (χ0) is 38.3. The summed E-state index contributed by atoms with van der Waals surface area (Å²) in [5.74, 6) is -0.977. The molecule has 0 aromatic heterocycles. The van der Waals surface area contributed by atoms with Crippen LogP contribution < -0.4 is 10.1 Å². The predicted molar refractivity (Wildman–Crippen MR) is 185 cm³/mol. The van der Waals surface area contributed by atoms with Crippen LogP contribution in [-0.2, 0) is 14.9 Å². The smallest absolute Gasteiger partial charge is 0.416 e. The number of hydrogen-bond donors (Lipinski definition) is 2. The molecule has 1 aromatic carbocycles. The van der Waals surface area contributed by atoms with Gasteiger partial charge in [0.15, 0.2) is 0 Å². The van der Waals surface area contributed by atoms with Crippen molar-refractivity contribution in [1.82, 2.24) is 5.32 Å². The SMILES string of the molecule is COC(=O)C(C)(C)C(C)(C)CC(C)(C)c1ccc(OC)c(C2=C(CNC(C)C(O)C3C=C(C(F)(F)F)C=C(C(F)(F)F)C3)CC(C)(C)CC2)c1. The van der Waals surface area contributed by atoms with E-state index in [0.717, 1.165) is 35.1 Å². The lowest BCUT2D eigenvalue weighted by Crippen LogP contribution is -2.44. The Bertz CT molecular complexity index is 1500. The number of halogens is 6. The summed E-state index contributed by atoms with van der Waals surface area (Å²) in [6.07, 6.45) is -8.36. The zero-order valence-electron chi connectivity index (χ0n) is 31.3. The van der Waals surface area contributed by atoms with Crippen LogP contribution in [0.5, 0.6) is 5.75 Å². The normalized spacial score (nSPS) is 20.6. The summed E-state index contributed by atoms with van der Waals surface area (Å²) in [7, 11) is 3.00. The van der Waals surface area contributed by atoms with E-state index in [2.05, 4.69) is 52.9 Å². The van der Waals surface area contributed by atoms with Gasteiger partial charge in [-0.1, -0.05) is 59.3 Å². The number of rotatable bonds is 12. The van der Waals surface area contributed by atoms with Gasteiger partial charge in [0.05, 0.1) is 31.3 Å². The van der Waals surface area contributed by atoms with E-state index >= 15 is 0 Å². The number of hydrogen-bond acceptors (Lipinski definition) is 5. The van der Waals surface area contributed by atoms with E-state index in [0.29, 0.717) is 24.7 Å². The Labute approximate surface area is 293 Å². The van der Waals surface area contributed by atoms with E-state index < -0.39 is 58.8 Å². The van der Waals surface area contributed by atoms with Gasteiger partial charge in [0.1, 0.15) is 5.75 Å². The summed E-state index contributed by atoms with van der Waals surface area (Å²) in [4.78, 5) is 12.7. The van der Waals surface area contributed by atoms with Crippen LogP contribution in [0.1, 0.15) is 106 Å². The number of aliphatic hydroxyl groups excluding tert-OH is 1. The molecule has 0 fully saturated rings. The highest BCUT2D eigenvalue weighted by Crippen LogP contribution is 2.50. The summed E-state index contributed by atoms with van der Waals surface area (Å²) >= 11 is 0. The second-order valence-electron chi connectivity index (χ2n) is 16.7. The molecule has 2 N–H and O–H groups in total. The molecule has 0 spiro atoms. The maximum atomic E-state index is 13.6. The maximum absolute atomic E-state index is 13.6. The maximum Gasteiger partial charge on any atom is 0.416 e. The first-order chi connectivity index (χ1) is 22.7. The third-order valence-electron chi connectivity index (χ3n) is 11.2. The molecule has 0 amide bonds. The van der Waals surface area contributed by atoms with E-state index in [9.17, 15) is 36.2 Å². The van der Waals surface area contributed by atoms with Crippen LogP contribution in [0.25, 0.3) is 5.57 Å². The minimum absolute atomic E-state index is 0.0594.